The van der Waals surface area contributed by atoms with Crippen molar-refractivity contribution in [3.8, 4) is 0 Å². The SMILES string of the molecule is CCOC(=O)Nc1ccc(NC(=O)c2ccco2)cc1. The number of nitrogens with one attached hydrogen (secondary N) is 2. The summed E-state index contributed by atoms with van der Waals surface area (Å²) >= 11 is 0. The van der Waals surface area contributed by atoms with Crippen LogP contribution in [0.4, 0.5) is 16.2 Å². The summed E-state index contributed by atoms with van der Waals surface area (Å²) < 4.78 is 9.74. The fourth-order valence-electron chi connectivity index (χ4n) is 1.52. The summed E-state index contributed by atoms with van der Waals surface area (Å²) in [5, 5.41) is 5.23. The molecule has 1 heterocycles. The van der Waals surface area contributed by atoms with Crippen LogP contribution in [0.2, 0.25) is 0 Å². The van der Waals surface area contributed by atoms with Crippen molar-refractivity contribution in [3.63, 3.8) is 0 Å². The normalized spacial score (nSPS) is 9.85. The topological polar surface area (TPSA) is 80.6 Å². The Kier molecular flexibility index (Phi) is 4.39. The molecule has 0 aliphatic carbocycles. The highest BCUT2D eigenvalue weighted by molar-refractivity contribution is 6.02. The van der Waals surface area contributed by atoms with Gasteiger partial charge < -0.3 is 14.5 Å². The summed E-state index contributed by atoms with van der Waals surface area (Å²) in [7, 11) is 0. The van der Waals surface area contributed by atoms with E-state index in [2.05, 4.69) is 10.6 Å². The molecule has 0 saturated carbocycles. The third-order valence-corrected chi connectivity index (χ3v) is 2.41. The Morgan fingerprint density at radius 2 is 1.75 bits per heavy atom. The van der Waals surface area contributed by atoms with Crippen molar-refractivity contribution in [2.24, 2.45) is 0 Å². The Hall–Kier alpha value is -2.76. The van der Waals surface area contributed by atoms with Crippen LogP contribution in [0.1, 0.15) is 17.5 Å². The number of rotatable bonds is 4. The van der Waals surface area contributed by atoms with Gasteiger partial charge in [-0.15, -0.1) is 0 Å². The molecular weight excluding hydrogens is 260 g/mol. The first kappa shape index (κ1) is 13.7. The zero-order valence-electron chi connectivity index (χ0n) is 10.9. The van der Waals surface area contributed by atoms with E-state index in [9.17, 15) is 9.59 Å². The van der Waals surface area contributed by atoms with Gasteiger partial charge in [0.25, 0.3) is 5.91 Å². The first-order valence-corrected chi connectivity index (χ1v) is 6.07. The number of hydrogen-bond acceptors (Lipinski definition) is 4. The van der Waals surface area contributed by atoms with Crippen LogP contribution in [0.5, 0.6) is 0 Å². The lowest BCUT2D eigenvalue weighted by Gasteiger charge is -2.07. The minimum atomic E-state index is -0.514. The summed E-state index contributed by atoms with van der Waals surface area (Å²) in [4.78, 5) is 22.9. The molecule has 104 valence electrons. The molecule has 2 rings (SSSR count). The van der Waals surface area contributed by atoms with E-state index < -0.39 is 6.09 Å². The predicted octanol–water partition coefficient (Wildman–Crippen LogP) is 3.10. The van der Waals surface area contributed by atoms with E-state index in [1.165, 1.54) is 6.26 Å². The molecule has 1 aromatic heterocycles. The van der Waals surface area contributed by atoms with Gasteiger partial charge in [0, 0.05) is 11.4 Å². The molecule has 6 heteroatoms. The largest absolute Gasteiger partial charge is 0.459 e. The van der Waals surface area contributed by atoms with E-state index in [1.807, 2.05) is 0 Å². The smallest absolute Gasteiger partial charge is 0.411 e. The second-order valence-electron chi connectivity index (χ2n) is 3.85. The van der Waals surface area contributed by atoms with Crippen molar-refractivity contribution >= 4 is 23.4 Å². The molecule has 2 amide bonds. The fourth-order valence-corrected chi connectivity index (χ4v) is 1.52. The van der Waals surface area contributed by atoms with Gasteiger partial charge in [0.15, 0.2) is 5.76 Å². The van der Waals surface area contributed by atoms with Gasteiger partial charge in [0.2, 0.25) is 0 Å². The number of hydrogen-bond donors (Lipinski definition) is 2. The molecule has 0 radical (unpaired) electrons. The molecule has 2 N–H and O–H groups in total. The molecule has 0 spiro atoms. The highest BCUT2D eigenvalue weighted by Gasteiger charge is 2.08. The van der Waals surface area contributed by atoms with Crippen LogP contribution < -0.4 is 10.6 Å². The highest BCUT2D eigenvalue weighted by atomic mass is 16.5. The minimum absolute atomic E-state index is 0.235. The zero-order chi connectivity index (χ0) is 14.4. The zero-order valence-corrected chi connectivity index (χ0v) is 10.9. The maximum Gasteiger partial charge on any atom is 0.411 e. The van der Waals surface area contributed by atoms with Gasteiger partial charge in [-0.3, -0.25) is 10.1 Å². The number of ether oxygens (including phenoxy) is 1. The van der Waals surface area contributed by atoms with Crippen LogP contribution in [0, 0.1) is 0 Å². The van der Waals surface area contributed by atoms with Crippen LogP contribution in [0.25, 0.3) is 0 Å². The average molecular weight is 274 g/mol. The molecule has 0 fully saturated rings. The summed E-state index contributed by atoms with van der Waals surface area (Å²) in [6.45, 7) is 2.04. The van der Waals surface area contributed by atoms with Crippen molar-refractivity contribution in [3.05, 3.63) is 48.4 Å². The lowest BCUT2D eigenvalue weighted by molar-refractivity contribution is 0.0996. The quantitative estimate of drug-likeness (QED) is 0.897. The maximum atomic E-state index is 11.7. The van der Waals surface area contributed by atoms with Crippen LogP contribution in [0.15, 0.2) is 47.1 Å². The van der Waals surface area contributed by atoms with E-state index in [4.69, 9.17) is 9.15 Å². The number of benzene rings is 1. The van der Waals surface area contributed by atoms with Crippen molar-refractivity contribution in [2.75, 3.05) is 17.2 Å². The maximum absolute atomic E-state index is 11.7. The van der Waals surface area contributed by atoms with E-state index >= 15 is 0 Å². The monoisotopic (exact) mass is 274 g/mol. The molecule has 0 aliphatic heterocycles. The van der Waals surface area contributed by atoms with Crippen molar-refractivity contribution in [2.45, 2.75) is 6.92 Å². The third kappa shape index (κ3) is 3.61. The minimum Gasteiger partial charge on any atom is -0.459 e. The Morgan fingerprint density at radius 3 is 2.30 bits per heavy atom. The molecule has 0 atom stereocenters. The predicted molar refractivity (Wildman–Crippen MR) is 73.7 cm³/mol. The lowest BCUT2D eigenvalue weighted by Crippen LogP contribution is -2.13. The number of carbonyl (C=O) groups is 2. The van der Waals surface area contributed by atoms with Crippen LogP contribution >= 0.6 is 0 Å². The average Bonchev–Trinajstić information content (AvgIpc) is 2.95. The molecule has 2 aromatic rings. The molecule has 0 unspecified atom stereocenters. The molecular formula is C14H14N2O4. The summed E-state index contributed by atoms with van der Waals surface area (Å²) in [5.74, 6) is -0.0974. The van der Waals surface area contributed by atoms with E-state index in [0.29, 0.717) is 18.0 Å². The van der Waals surface area contributed by atoms with E-state index in [0.717, 1.165) is 0 Å². The Bertz CT molecular complexity index is 576. The number of carbonyl (C=O) groups excluding carboxylic acids is 2. The Morgan fingerprint density at radius 1 is 1.10 bits per heavy atom. The summed E-state index contributed by atoms with van der Waals surface area (Å²) in [5.41, 5.74) is 1.18. The van der Waals surface area contributed by atoms with Gasteiger partial charge >= 0.3 is 6.09 Å². The molecule has 0 aliphatic rings. The van der Waals surface area contributed by atoms with E-state index in [-0.39, 0.29) is 11.7 Å². The molecule has 0 saturated heterocycles. The molecule has 6 nitrogen and oxygen atoms in total. The van der Waals surface area contributed by atoms with Gasteiger partial charge in [-0.25, -0.2) is 4.79 Å². The Labute approximate surface area is 115 Å². The third-order valence-electron chi connectivity index (χ3n) is 2.41. The second kappa shape index (κ2) is 6.42. The van der Waals surface area contributed by atoms with Crippen molar-refractivity contribution < 1.29 is 18.7 Å². The fraction of sp³-hybridized carbons (Fsp3) is 0.143. The van der Waals surface area contributed by atoms with Gasteiger partial charge in [0.05, 0.1) is 12.9 Å². The van der Waals surface area contributed by atoms with E-state index in [1.54, 1.807) is 43.3 Å². The first-order chi connectivity index (χ1) is 9.69. The second-order valence-corrected chi connectivity index (χ2v) is 3.85. The molecule has 1 aromatic carbocycles. The lowest BCUT2D eigenvalue weighted by atomic mass is 10.2. The first-order valence-electron chi connectivity index (χ1n) is 6.07. The summed E-state index contributed by atoms with van der Waals surface area (Å²) in [6, 6.07) is 9.88. The summed E-state index contributed by atoms with van der Waals surface area (Å²) in [6.07, 6.45) is 0.918. The van der Waals surface area contributed by atoms with Crippen molar-refractivity contribution in [1.82, 2.24) is 0 Å². The molecule has 0 bridgehead atoms. The van der Waals surface area contributed by atoms with Crippen LogP contribution in [0.3, 0.4) is 0 Å². The van der Waals surface area contributed by atoms with Gasteiger partial charge in [-0.1, -0.05) is 0 Å². The standard InChI is InChI=1S/C14H14N2O4/c1-2-19-14(18)16-11-7-5-10(6-8-11)15-13(17)12-4-3-9-20-12/h3-9H,2H2,1H3,(H,15,17)(H,16,18). The van der Waals surface area contributed by atoms with Gasteiger partial charge in [-0.05, 0) is 43.3 Å². The van der Waals surface area contributed by atoms with Crippen molar-refractivity contribution in [1.29, 1.82) is 0 Å². The van der Waals surface area contributed by atoms with Gasteiger partial charge in [0.1, 0.15) is 0 Å². The number of anilines is 2. The molecule has 20 heavy (non-hydrogen) atoms. The number of furan rings is 1. The van der Waals surface area contributed by atoms with Crippen LogP contribution in [-0.2, 0) is 4.74 Å². The number of amides is 2. The Balaban J connectivity index is 1.95. The van der Waals surface area contributed by atoms with Gasteiger partial charge in [-0.2, -0.15) is 0 Å². The highest BCUT2D eigenvalue weighted by Crippen LogP contribution is 2.15. The van der Waals surface area contributed by atoms with Crippen LogP contribution in [-0.4, -0.2) is 18.6 Å².